The molecular weight excluding hydrogens is 186 g/mol. The molecule has 0 saturated heterocycles. The van der Waals surface area contributed by atoms with Crippen molar-refractivity contribution in [3.63, 3.8) is 0 Å². The molecule has 0 bridgehead atoms. The number of aliphatic hydroxyl groups is 1. The summed E-state index contributed by atoms with van der Waals surface area (Å²) in [6, 6.07) is 1.44. The summed E-state index contributed by atoms with van der Waals surface area (Å²) >= 11 is 0. The van der Waals surface area contributed by atoms with Crippen LogP contribution in [0.25, 0.3) is 0 Å². The van der Waals surface area contributed by atoms with Crippen LogP contribution in [-0.4, -0.2) is 23.1 Å². The molecule has 5 nitrogen and oxygen atoms in total. The van der Waals surface area contributed by atoms with E-state index < -0.39 is 23.6 Å². The van der Waals surface area contributed by atoms with Crippen molar-refractivity contribution < 1.29 is 19.4 Å². The SMILES string of the molecule is C=C(C#N)C(=O)OC(=O)C(O)C(C)C. The number of nitrogens with zero attached hydrogens (tertiary/aromatic N) is 1. The van der Waals surface area contributed by atoms with Gasteiger partial charge < -0.3 is 9.84 Å². The molecule has 0 aromatic heterocycles. The highest BCUT2D eigenvalue weighted by Gasteiger charge is 2.24. The van der Waals surface area contributed by atoms with E-state index in [9.17, 15) is 9.59 Å². The van der Waals surface area contributed by atoms with Gasteiger partial charge in [-0.05, 0) is 5.92 Å². The number of hydrogen-bond acceptors (Lipinski definition) is 5. The first-order valence-corrected chi connectivity index (χ1v) is 3.93. The summed E-state index contributed by atoms with van der Waals surface area (Å²) in [6.45, 7) is 6.25. The second-order valence-corrected chi connectivity index (χ2v) is 2.99. The molecular formula is C9H11NO4. The van der Waals surface area contributed by atoms with Gasteiger partial charge in [0.05, 0.1) is 0 Å². The molecule has 0 aliphatic rings. The highest BCUT2D eigenvalue weighted by Crippen LogP contribution is 2.04. The molecule has 0 aliphatic carbocycles. The van der Waals surface area contributed by atoms with Crippen LogP contribution in [0.4, 0.5) is 0 Å². The van der Waals surface area contributed by atoms with E-state index in [0.717, 1.165) is 0 Å². The Balaban J connectivity index is 4.29. The molecule has 0 radical (unpaired) electrons. The first-order valence-electron chi connectivity index (χ1n) is 3.93. The first-order chi connectivity index (χ1) is 6.40. The molecule has 1 atom stereocenters. The lowest BCUT2D eigenvalue weighted by Crippen LogP contribution is -2.30. The Morgan fingerprint density at radius 1 is 1.50 bits per heavy atom. The van der Waals surface area contributed by atoms with E-state index in [0.29, 0.717) is 0 Å². The summed E-state index contributed by atoms with van der Waals surface area (Å²) in [6.07, 6.45) is -1.37. The minimum atomic E-state index is -1.37. The van der Waals surface area contributed by atoms with Crippen LogP contribution in [-0.2, 0) is 14.3 Å². The molecule has 76 valence electrons. The molecule has 0 amide bonds. The maximum atomic E-state index is 11.0. The highest BCUT2D eigenvalue weighted by molar-refractivity contribution is 5.99. The molecule has 0 spiro atoms. The van der Waals surface area contributed by atoms with Gasteiger partial charge in [0.2, 0.25) is 0 Å². The zero-order valence-electron chi connectivity index (χ0n) is 7.98. The molecule has 0 aromatic rings. The summed E-state index contributed by atoms with van der Waals surface area (Å²) in [5, 5.41) is 17.4. The van der Waals surface area contributed by atoms with Crippen LogP contribution < -0.4 is 0 Å². The summed E-state index contributed by atoms with van der Waals surface area (Å²) in [4.78, 5) is 21.8. The summed E-state index contributed by atoms with van der Waals surface area (Å²) < 4.78 is 4.18. The number of carbonyl (C=O) groups excluding carboxylic acids is 2. The van der Waals surface area contributed by atoms with Gasteiger partial charge in [0, 0.05) is 0 Å². The van der Waals surface area contributed by atoms with E-state index >= 15 is 0 Å². The third-order valence-corrected chi connectivity index (χ3v) is 1.45. The van der Waals surface area contributed by atoms with Crippen LogP contribution in [0.1, 0.15) is 13.8 Å². The first kappa shape index (κ1) is 12.3. The third-order valence-electron chi connectivity index (χ3n) is 1.45. The summed E-state index contributed by atoms with van der Waals surface area (Å²) in [7, 11) is 0. The fraction of sp³-hybridized carbons (Fsp3) is 0.444. The fourth-order valence-electron chi connectivity index (χ4n) is 0.531. The van der Waals surface area contributed by atoms with Crippen LogP contribution >= 0.6 is 0 Å². The number of aliphatic hydroxyl groups excluding tert-OH is 1. The van der Waals surface area contributed by atoms with Gasteiger partial charge in [-0.15, -0.1) is 0 Å². The quantitative estimate of drug-likeness (QED) is 0.301. The summed E-state index contributed by atoms with van der Waals surface area (Å²) in [5.41, 5.74) is -0.477. The molecule has 0 aliphatic heterocycles. The van der Waals surface area contributed by atoms with Gasteiger partial charge in [-0.1, -0.05) is 20.4 Å². The van der Waals surface area contributed by atoms with E-state index in [-0.39, 0.29) is 5.92 Å². The van der Waals surface area contributed by atoms with E-state index in [1.807, 2.05) is 0 Å². The number of hydrogen-bond donors (Lipinski definition) is 1. The average Bonchev–Trinajstić information content (AvgIpc) is 2.14. The maximum Gasteiger partial charge on any atom is 0.355 e. The lowest BCUT2D eigenvalue weighted by molar-refractivity contribution is -0.164. The van der Waals surface area contributed by atoms with Crippen molar-refractivity contribution >= 4 is 11.9 Å². The zero-order chi connectivity index (χ0) is 11.3. The lowest BCUT2D eigenvalue weighted by Gasteiger charge is -2.11. The van der Waals surface area contributed by atoms with Crippen LogP contribution in [0, 0.1) is 17.2 Å². The highest BCUT2D eigenvalue weighted by atomic mass is 16.6. The Bertz CT molecular complexity index is 300. The van der Waals surface area contributed by atoms with Crippen molar-refractivity contribution in [2.24, 2.45) is 5.92 Å². The monoisotopic (exact) mass is 197 g/mol. The van der Waals surface area contributed by atoms with Gasteiger partial charge in [0.1, 0.15) is 11.6 Å². The minimum Gasteiger partial charge on any atom is -0.387 e. The van der Waals surface area contributed by atoms with Gasteiger partial charge in [-0.25, -0.2) is 9.59 Å². The zero-order valence-corrected chi connectivity index (χ0v) is 7.98. The van der Waals surface area contributed by atoms with Crippen molar-refractivity contribution in [1.29, 1.82) is 5.26 Å². The number of ether oxygens (including phenoxy) is 1. The van der Waals surface area contributed by atoms with Crippen molar-refractivity contribution in [2.75, 3.05) is 0 Å². The van der Waals surface area contributed by atoms with Crippen LogP contribution in [0.3, 0.4) is 0 Å². The Kier molecular flexibility index (Phi) is 4.53. The number of nitriles is 1. The average molecular weight is 197 g/mol. The normalized spacial score (nSPS) is 11.6. The minimum absolute atomic E-state index is 0.356. The number of carbonyl (C=O) groups is 2. The molecule has 0 saturated carbocycles. The lowest BCUT2D eigenvalue weighted by atomic mass is 10.1. The van der Waals surface area contributed by atoms with E-state index in [4.69, 9.17) is 10.4 Å². The van der Waals surface area contributed by atoms with E-state index in [1.54, 1.807) is 13.8 Å². The summed E-state index contributed by atoms with van der Waals surface area (Å²) in [5.74, 6) is -2.55. The Hall–Kier alpha value is -1.67. The van der Waals surface area contributed by atoms with Crippen LogP contribution in [0.5, 0.6) is 0 Å². The second kappa shape index (κ2) is 5.14. The Morgan fingerprint density at radius 2 is 2.00 bits per heavy atom. The van der Waals surface area contributed by atoms with Gasteiger partial charge in [0.15, 0.2) is 6.10 Å². The number of rotatable bonds is 3. The third kappa shape index (κ3) is 3.37. The standard InChI is InChI=1S/C9H11NO4/c1-5(2)7(11)9(13)14-8(12)6(3)4-10/h5,7,11H,3H2,1-2H3. The van der Waals surface area contributed by atoms with Gasteiger partial charge in [-0.3, -0.25) is 0 Å². The van der Waals surface area contributed by atoms with Crippen molar-refractivity contribution in [2.45, 2.75) is 20.0 Å². The van der Waals surface area contributed by atoms with Crippen molar-refractivity contribution in [3.05, 3.63) is 12.2 Å². The molecule has 1 N–H and O–H groups in total. The molecule has 0 heterocycles. The predicted octanol–water partition coefficient (Wildman–Crippen LogP) is 0.153. The van der Waals surface area contributed by atoms with Gasteiger partial charge in [0.25, 0.3) is 0 Å². The smallest absolute Gasteiger partial charge is 0.355 e. The number of esters is 2. The fourth-order valence-corrected chi connectivity index (χ4v) is 0.531. The molecule has 5 heteroatoms. The second-order valence-electron chi connectivity index (χ2n) is 2.99. The van der Waals surface area contributed by atoms with Gasteiger partial charge in [-0.2, -0.15) is 5.26 Å². The largest absolute Gasteiger partial charge is 0.387 e. The van der Waals surface area contributed by atoms with Crippen LogP contribution in [0.2, 0.25) is 0 Å². The van der Waals surface area contributed by atoms with E-state index in [2.05, 4.69) is 11.3 Å². The Morgan fingerprint density at radius 3 is 2.36 bits per heavy atom. The Labute approximate surface area is 81.6 Å². The van der Waals surface area contributed by atoms with Crippen molar-refractivity contribution in [1.82, 2.24) is 0 Å². The predicted molar refractivity (Wildman–Crippen MR) is 46.7 cm³/mol. The maximum absolute atomic E-state index is 11.0. The topological polar surface area (TPSA) is 87.4 Å². The molecule has 0 aromatic carbocycles. The molecule has 1 unspecified atom stereocenters. The van der Waals surface area contributed by atoms with Crippen molar-refractivity contribution in [3.8, 4) is 6.07 Å². The van der Waals surface area contributed by atoms with Crippen LogP contribution in [0.15, 0.2) is 12.2 Å². The molecule has 14 heavy (non-hydrogen) atoms. The van der Waals surface area contributed by atoms with E-state index in [1.165, 1.54) is 6.07 Å². The van der Waals surface area contributed by atoms with Gasteiger partial charge >= 0.3 is 11.9 Å². The molecule has 0 fully saturated rings. The molecule has 0 rings (SSSR count).